The molecule has 10 heteroatoms. The van der Waals surface area contributed by atoms with Crippen LogP contribution in [0.4, 0.5) is 11.4 Å². The summed E-state index contributed by atoms with van der Waals surface area (Å²) in [5.74, 6) is -1.04. The van der Waals surface area contributed by atoms with Gasteiger partial charge in [-0.15, -0.1) is 0 Å². The highest BCUT2D eigenvalue weighted by Crippen LogP contribution is 2.24. The van der Waals surface area contributed by atoms with Crippen molar-refractivity contribution in [3.05, 3.63) is 69.2 Å². The Balaban J connectivity index is 1.66. The minimum Gasteiger partial charge on any atom is -0.326 e. The molecule has 0 bridgehead atoms. The fourth-order valence-electron chi connectivity index (χ4n) is 3.23. The lowest BCUT2D eigenvalue weighted by atomic mass is 9.98. The summed E-state index contributed by atoms with van der Waals surface area (Å²) in [5, 5.41) is 14.1. The number of nitro groups is 1. The van der Waals surface area contributed by atoms with Gasteiger partial charge in [0, 0.05) is 35.9 Å². The average Bonchev–Trinajstić information content (AvgIpc) is 2.70. The number of benzene rings is 2. The number of nitrogens with one attached hydrogen (secondary N) is 1. The first-order valence-corrected chi connectivity index (χ1v) is 11.0. The molecule has 1 atom stereocenters. The normalized spacial score (nSPS) is 17.6. The van der Waals surface area contributed by atoms with Crippen LogP contribution in [0.15, 0.2) is 48.5 Å². The Morgan fingerprint density at radius 1 is 1.24 bits per heavy atom. The van der Waals surface area contributed by atoms with E-state index in [4.69, 9.17) is 11.6 Å². The molecule has 1 N–H and O–H groups in total. The maximum Gasteiger partial charge on any atom is 0.271 e. The third-order valence-corrected chi connectivity index (χ3v) is 6.80. The van der Waals surface area contributed by atoms with E-state index in [1.165, 1.54) is 22.5 Å². The summed E-state index contributed by atoms with van der Waals surface area (Å²) in [7, 11) is -3.59. The van der Waals surface area contributed by atoms with Crippen LogP contribution in [0, 0.1) is 16.0 Å². The maximum absolute atomic E-state index is 12.8. The Bertz CT molecular complexity index is 1010. The minimum atomic E-state index is -3.59. The Kier molecular flexibility index (Phi) is 6.51. The topological polar surface area (TPSA) is 110 Å². The summed E-state index contributed by atoms with van der Waals surface area (Å²) in [6.07, 6.45) is 1.11. The first-order chi connectivity index (χ1) is 13.7. The highest BCUT2D eigenvalue weighted by atomic mass is 35.5. The summed E-state index contributed by atoms with van der Waals surface area (Å²) in [5.41, 5.74) is 0.807. The lowest BCUT2D eigenvalue weighted by Crippen LogP contribution is -2.44. The molecule has 0 aliphatic carbocycles. The van der Waals surface area contributed by atoms with Crippen molar-refractivity contribution in [2.45, 2.75) is 18.6 Å². The van der Waals surface area contributed by atoms with Crippen molar-refractivity contribution in [1.29, 1.82) is 0 Å². The monoisotopic (exact) mass is 437 g/mol. The van der Waals surface area contributed by atoms with Gasteiger partial charge in [-0.2, -0.15) is 0 Å². The van der Waals surface area contributed by atoms with Crippen LogP contribution in [-0.2, 0) is 20.6 Å². The van der Waals surface area contributed by atoms with Crippen molar-refractivity contribution in [3.8, 4) is 0 Å². The van der Waals surface area contributed by atoms with Gasteiger partial charge in [0.15, 0.2) is 0 Å². The number of piperidine rings is 1. The van der Waals surface area contributed by atoms with Crippen LogP contribution < -0.4 is 5.32 Å². The Morgan fingerprint density at radius 3 is 2.66 bits per heavy atom. The van der Waals surface area contributed by atoms with Crippen molar-refractivity contribution in [2.75, 3.05) is 18.4 Å². The molecule has 1 aliphatic rings. The zero-order valence-corrected chi connectivity index (χ0v) is 17.0. The third-order valence-electron chi connectivity index (χ3n) is 4.74. The molecule has 1 saturated heterocycles. The summed E-state index contributed by atoms with van der Waals surface area (Å²) in [6.45, 7) is 0.438. The van der Waals surface area contributed by atoms with Crippen molar-refractivity contribution >= 4 is 38.9 Å². The van der Waals surface area contributed by atoms with Gasteiger partial charge in [-0.05, 0) is 36.6 Å². The highest BCUT2D eigenvalue weighted by Gasteiger charge is 2.32. The van der Waals surface area contributed by atoms with Gasteiger partial charge in [0.1, 0.15) is 0 Å². The van der Waals surface area contributed by atoms with Crippen LogP contribution in [-0.4, -0.2) is 36.6 Å². The molecule has 0 saturated carbocycles. The van der Waals surface area contributed by atoms with Crippen LogP contribution in [0.5, 0.6) is 0 Å². The molecule has 3 rings (SSSR count). The quantitative estimate of drug-likeness (QED) is 0.550. The standard InChI is InChI=1S/C19H20ClN3O5S/c20-16-8-6-14(7-9-16)13-29(27,28)22-10-2-3-15(12-22)19(24)21-17-4-1-5-18(11-17)23(25)26/h1,4-9,11,15H,2-3,10,12-13H2,(H,21,24)/t15-/m0/s1. The molecule has 0 unspecified atom stereocenters. The van der Waals surface area contributed by atoms with Crippen LogP contribution in [0.1, 0.15) is 18.4 Å². The number of non-ortho nitro benzene ring substituents is 1. The second-order valence-electron chi connectivity index (χ2n) is 6.88. The fourth-order valence-corrected chi connectivity index (χ4v) is 4.97. The maximum atomic E-state index is 12.8. The SMILES string of the molecule is O=C(Nc1cccc([N+](=O)[O-])c1)[C@H]1CCCN(S(=O)(=O)Cc2ccc(Cl)cc2)C1. The number of nitrogens with zero attached hydrogens (tertiary/aromatic N) is 2. The smallest absolute Gasteiger partial charge is 0.271 e. The van der Waals surface area contributed by atoms with E-state index in [-0.39, 0.29) is 23.9 Å². The molecule has 0 spiro atoms. The van der Waals surface area contributed by atoms with E-state index in [1.54, 1.807) is 30.3 Å². The number of carbonyl (C=O) groups is 1. The molecular formula is C19H20ClN3O5S. The largest absolute Gasteiger partial charge is 0.326 e. The average molecular weight is 438 g/mol. The molecular weight excluding hydrogens is 418 g/mol. The molecule has 29 heavy (non-hydrogen) atoms. The van der Waals surface area contributed by atoms with Crippen LogP contribution >= 0.6 is 11.6 Å². The van der Waals surface area contributed by atoms with Crippen molar-refractivity contribution in [2.24, 2.45) is 5.92 Å². The van der Waals surface area contributed by atoms with Crippen LogP contribution in [0.25, 0.3) is 0 Å². The Hall–Kier alpha value is -2.49. The van der Waals surface area contributed by atoms with Crippen LogP contribution in [0.2, 0.25) is 5.02 Å². The second kappa shape index (κ2) is 8.89. The van der Waals surface area contributed by atoms with E-state index >= 15 is 0 Å². The van der Waals surface area contributed by atoms with Crippen LogP contribution in [0.3, 0.4) is 0 Å². The predicted octanol–water partition coefficient (Wildman–Crippen LogP) is 3.43. The highest BCUT2D eigenvalue weighted by molar-refractivity contribution is 7.88. The number of amides is 1. The molecule has 1 heterocycles. The molecule has 1 amide bonds. The van der Waals surface area contributed by atoms with E-state index in [0.29, 0.717) is 35.7 Å². The second-order valence-corrected chi connectivity index (χ2v) is 9.28. The van der Waals surface area contributed by atoms with Gasteiger partial charge in [-0.3, -0.25) is 14.9 Å². The fraction of sp³-hybridized carbons (Fsp3) is 0.316. The molecule has 0 radical (unpaired) electrons. The summed E-state index contributed by atoms with van der Waals surface area (Å²) in [4.78, 5) is 22.9. The Morgan fingerprint density at radius 2 is 1.97 bits per heavy atom. The number of rotatable bonds is 6. The van der Waals surface area contributed by atoms with Gasteiger partial charge in [0.2, 0.25) is 15.9 Å². The number of carbonyl (C=O) groups excluding carboxylic acids is 1. The van der Waals surface area contributed by atoms with Gasteiger partial charge in [0.25, 0.3) is 5.69 Å². The van der Waals surface area contributed by atoms with Gasteiger partial charge in [0.05, 0.1) is 16.6 Å². The van der Waals surface area contributed by atoms with Crippen molar-refractivity contribution < 1.29 is 18.1 Å². The van der Waals surface area contributed by atoms with E-state index in [1.807, 2.05) is 0 Å². The molecule has 154 valence electrons. The summed E-state index contributed by atoms with van der Waals surface area (Å²) in [6, 6.07) is 12.2. The summed E-state index contributed by atoms with van der Waals surface area (Å²) < 4.78 is 26.9. The molecule has 0 aromatic heterocycles. The third kappa shape index (κ3) is 5.53. The lowest BCUT2D eigenvalue weighted by molar-refractivity contribution is -0.384. The van der Waals surface area contributed by atoms with Gasteiger partial charge >= 0.3 is 0 Å². The zero-order chi connectivity index (χ0) is 21.0. The predicted molar refractivity (Wildman–Crippen MR) is 110 cm³/mol. The molecule has 2 aromatic rings. The number of hydrogen-bond donors (Lipinski definition) is 1. The zero-order valence-electron chi connectivity index (χ0n) is 15.5. The Labute approximate surface area is 173 Å². The van der Waals surface area contributed by atoms with E-state index in [0.717, 1.165) is 0 Å². The van der Waals surface area contributed by atoms with Gasteiger partial charge in [-0.1, -0.05) is 29.8 Å². The number of nitro benzene ring substituents is 1. The molecule has 1 aliphatic heterocycles. The number of anilines is 1. The summed E-state index contributed by atoms with van der Waals surface area (Å²) >= 11 is 5.84. The first kappa shape index (κ1) is 21.2. The number of sulfonamides is 1. The first-order valence-electron chi connectivity index (χ1n) is 9.02. The van der Waals surface area contributed by atoms with E-state index in [9.17, 15) is 23.3 Å². The molecule has 1 fully saturated rings. The van der Waals surface area contributed by atoms with E-state index < -0.39 is 20.9 Å². The van der Waals surface area contributed by atoms with Gasteiger partial charge < -0.3 is 5.32 Å². The van der Waals surface area contributed by atoms with E-state index in [2.05, 4.69) is 5.32 Å². The minimum absolute atomic E-state index is 0.0800. The number of halogens is 1. The lowest BCUT2D eigenvalue weighted by Gasteiger charge is -2.31. The van der Waals surface area contributed by atoms with Gasteiger partial charge in [-0.25, -0.2) is 12.7 Å². The molecule has 2 aromatic carbocycles. The van der Waals surface area contributed by atoms with Crippen molar-refractivity contribution in [1.82, 2.24) is 4.31 Å². The molecule has 8 nitrogen and oxygen atoms in total. The number of hydrogen-bond acceptors (Lipinski definition) is 5. The van der Waals surface area contributed by atoms with Crippen molar-refractivity contribution in [3.63, 3.8) is 0 Å².